The zero-order chi connectivity index (χ0) is 16.9. The number of ether oxygens (including phenoxy) is 1. The lowest BCUT2D eigenvalue weighted by Crippen LogP contribution is -2.46. The number of hydrogen-bond acceptors (Lipinski definition) is 4. The van der Waals surface area contributed by atoms with E-state index in [-0.39, 0.29) is 11.9 Å². The van der Waals surface area contributed by atoms with E-state index in [4.69, 9.17) is 10.00 Å². The van der Waals surface area contributed by atoms with E-state index >= 15 is 0 Å². The minimum Gasteiger partial charge on any atom is -0.481 e. The number of hydrogen-bond donors (Lipinski definition) is 0. The summed E-state index contributed by atoms with van der Waals surface area (Å²) in [6.07, 6.45) is 5.12. The van der Waals surface area contributed by atoms with Crippen molar-refractivity contribution in [2.45, 2.75) is 31.9 Å². The van der Waals surface area contributed by atoms with Crippen LogP contribution in [0.4, 0.5) is 0 Å². The van der Waals surface area contributed by atoms with Gasteiger partial charge in [-0.15, -0.1) is 0 Å². The second-order valence-corrected chi connectivity index (χ2v) is 5.96. The predicted octanol–water partition coefficient (Wildman–Crippen LogP) is 2.39. The van der Waals surface area contributed by atoms with E-state index in [1.165, 1.54) is 0 Å². The smallest absolute Gasteiger partial charge is 0.263 e. The number of piperidine rings is 1. The van der Waals surface area contributed by atoms with E-state index in [0.717, 1.165) is 19.4 Å². The molecule has 124 valence electrons. The van der Waals surface area contributed by atoms with E-state index in [0.29, 0.717) is 17.9 Å². The van der Waals surface area contributed by atoms with Gasteiger partial charge in [-0.05, 0) is 50.1 Å². The molecule has 2 heterocycles. The summed E-state index contributed by atoms with van der Waals surface area (Å²) in [6, 6.07) is 11.0. The molecule has 0 N–H and O–H groups in total. The molecule has 24 heavy (non-hydrogen) atoms. The van der Waals surface area contributed by atoms with Gasteiger partial charge in [-0.1, -0.05) is 0 Å². The standard InChI is InChI=1S/C18H20N4O2/c1-14(24-17-7-5-15(12-19)6-8-17)18(23)21-10-2-4-16(13-21)22-11-3-9-20-22/h3,5-9,11,14,16H,2,4,10,13H2,1H3/t14-,16+/m0/s1. The van der Waals surface area contributed by atoms with Crippen molar-refractivity contribution >= 4 is 5.91 Å². The quantitative estimate of drug-likeness (QED) is 0.866. The van der Waals surface area contributed by atoms with Gasteiger partial charge in [0.25, 0.3) is 5.91 Å². The van der Waals surface area contributed by atoms with Crippen molar-refractivity contribution < 1.29 is 9.53 Å². The molecule has 0 unspecified atom stereocenters. The van der Waals surface area contributed by atoms with Crippen LogP contribution in [-0.4, -0.2) is 39.8 Å². The van der Waals surface area contributed by atoms with Crippen molar-refractivity contribution in [1.29, 1.82) is 5.26 Å². The van der Waals surface area contributed by atoms with Crippen LogP contribution in [0.25, 0.3) is 0 Å². The van der Waals surface area contributed by atoms with Crippen LogP contribution in [0.1, 0.15) is 31.4 Å². The third kappa shape index (κ3) is 3.57. The van der Waals surface area contributed by atoms with Crippen molar-refractivity contribution in [2.24, 2.45) is 0 Å². The molecule has 0 radical (unpaired) electrons. The first kappa shape index (κ1) is 16.1. The zero-order valence-electron chi connectivity index (χ0n) is 13.6. The maximum Gasteiger partial charge on any atom is 0.263 e. The van der Waals surface area contributed by atoms with Crippen molar-refractivity contribution in [3.05, 3.63) is 48.3 Å². The zero-order valence-corrected chi connectivity index (χ0v) is 13.6. The number of likely N-dealkylation sites (tertiary alicyclic amines) is 1. The molecule has 1 fully saturated rings. The number of nitriles is 1. The number of nitrogens with zero attached hydrogens (tertiary/aromatic N) is 4. The Balaban J connectivity index is 1.61. The summed E-state index contributed by atoms with van der Waals surface area (Å²) in [5, 5.41) is 13.1. The molecule has 1 amide bonds. The second-order valence-electron chi connectivity index (χ2n) is 5.96. The molecule has 1 aromatic carbocycles. The Kier molecular flexibility index (Phi) is 4.80. The van der Waals surface area contributed by atoms with Gasteiger partial charge in [0.15, 0.2) is 6.10 Å². The Hall–Kier alpha value is -2.81. The first-order valence-electron chi connectivity index (χ1n) is 8.12. The molecular weight excluding hydrogens is 304 g/mol. The largest absolute Gasteiger partial charge is 0.481 e. The number of carbonyl (C=O) groups is 1. The number of amides is 1. The fourth-order valence-electron chi connectivity index (χ4n) is 2.99. The van der Waals surface area contributed by atoms with Crippen LogP contribution < -0.4 is 4.74 Å². The maximum atomic E-state index is 12.7. The van der Waals surface area contributed by atoms with Crippen LogP contribution in [0.2, 0.25) is 0 Å². The molecule has 0 bridgehead atoms. The Morgan fingerprint density at radius 3 is 2.88 bits per heavy atom. The normalized spacial score (nSPS) is 18.7. The molecule has 6 nitrogen and oxygen atoms in total. The topological polar surface area (TPSA) is 71.2 Å². The first-order chi connectivity index (χ1) is 11.7. The molecule has 1 aliphatic rings. The van der Waals surface area contributed by atoms with Gasteiger partial charge in [-0.25, -0.2) is 0 Å². The molecule has 1 saturated heterocycles. The third-order valence-corrected chi connectivity index (χ3v) is 4.25. The summed E-state index contributed by atoms with van der Waals surface area (Å²) in [6.45, 7) is 3.16. The van der Waals surface area contributed by atoms with Gasteiger partial charge in [-0.2, -0.15) is 10.4 Å². The molecule has 0 spiro atoms. The van der Waals surface area contributed by atoms with Gasteiger partial charge < -0.3 is 9.64 Å². The van der Waals surface area contributed by atoms with Crippen molar-refractivity contribution in [2.75, 3.05) is 13.1 Å². The van der Waals surface area contributed by atoms with Gasteiger partial charge in [0, 0.05) is 25.5 Å². The van der Waals surface area contributed by atoms with Crippen LogP contribution in [-0.2, 0) is 4.79 Å². The van der Waals surface area contributed by atoms with E-state index in [2.05, 4.69) is 11.2 Å². The lowest BCUT2D eigenvalue weighted by atomic mass is 10.1. The highest BCUT2D eigenvalue weighted by Crippen LogP contribution is 2.22. The SMILES string of the molecule is C[C@H](Oc1ccc(C#N)cc1)C(=O)N1CCC[C@@H](n2cccn2)C1. The lowest BCUT2D eigenvalue weighted by molar-refractivity contribution is -0.139. The van der Waals surface area contributed by atoms with Gasteiger partial charge in [0.1, 0.15) is 5.75 Å². The summed E-state index contributed by atoms with van der Waals surface area (Å²) in [4.78, 5) is 14.5. The summed E-state index contributed by atoms with van der Waals surface area (Å²) in [5.74, 6) is 0.576. The Labute approximate surface area is 141 Å². The predicted molar refractivity (Wildman–Crippen MR) is 88.3 cm³/mol. The fourth-order valence-corrected chi connectivity index (χ4v) is 2.99. The van der Waals surface area contributed by atoms with Crippen LogP contribution in [0, 0.1) is 11.3 Å². The first-order valence-corrected chi connectivity index (χ1v) is 8.12. The molecule has 0 saturated carbocycles. The second kappa shape index (κ2) is 7.18. The van der Waals surface area contributed by atoms with Crippen LogP contribution in [0.5, 0.6) is 5.75 Å². The highest BCUT2D eigenvalue weighted by Gasteiger charge is 2.28. The van der Waals surface area contributed by atoms with Crippen molar-refractivity contribution in [1.82, 2.24) is 14.7 Å². The van der Waals surface area contributed by atoms with E-state index in [1.807, 2.05) is 21.8 Å². The van der Waals surface area contributed by atoms with Gasteiger partial charge >= 0.3 is 0 Å². The average molecular weight is 324 g/mol. The van der Waals surface area contributed by atoms with Crippen LogP contribution >= 0.6 is 0 Å². The van der Waals surface area contributed by atoms with Gasteiger partial charge in [-0.3, -0.25) is 9.48 Å². The Morgan fingerprint density at radius 2 is 2.21 bits per heavy atom. The average Bonchev–Trinajstić information content (AvgIpc) is 3.16. The highest BCUT2D eigenvalue weighted by molar-refractivity contribution is 5.81. The highest BCUT2D eigenvalue weighted by atomic mass is 16.5. The number of aromatic nitrogens is 2. The van der Waals surface area contributed by atoms with E-state index in [9.17, 15) is 4.79 Å². The minimum absolute atomic E-state index is 0.0174. The number of benzene rings is 1. The van der Waals surface area contributed by atoms with E-state index < -0.39 is 6.10 Å². The number of rotatable bonds is 4. The Bertz CT molecular complexity index is 718. The van der Waals surface area contributed by atoms with Crippen LogP contribution in [0.3, 0.4) is 0 Å². The molecule has 1 aromatic heterocycles. The maximum absolute atomic E-state index is 12.7. The fraction of sp³-hybridized carbons (Fsp3) is 0.389. The van der Waals surface area contributed by atoms with E-state index in [1.54, 1.807) is 37.4 Å². The molecule has 1 aliphatic heterocycles. The summed E-state index contributed by atoms with van der Waals surface area (Å²) in [7, 11) is 0. The third-order valence-electron chi connectivity index (χ3n) is 4.25. The monoisotopic (exact) mass is 324 g/mol. The lowest BCUT2D eigenvalue weighted by Gasteiger charge is -2.34. The molecule has 2 aromatic rings. The Morgan fingerprint density at radius 1 is 1.42 bits per heavy atom. The van der Waals surface area contributed by atoms with Crippen molar-refractivity contribution in [3.8, 4) is 11.8 Å². The molecule has 3 rings (SSSR count). The van der Waals surface area contributed by atoms with Gasteiger partial charge in [0.05, 0.1) is 17.7 Å². The summed E-state index contributed by atoms with van der Waals surface area (Å²) in [5.41, 5.74) is 0.569. The van der Waals surface area contributed by atoms with Crippen LogP contribution in [0.15, 0.2) is 42.7 Å². The molecule has 2 atom stereocenters. The molecule has 0 aliphatic carbocycles. The van der Waals surface area contributed by atoms with Gasteiger partial charge in [0.2, 0.25) is 0 Å². The number of carbonyl (C=O) groups excluding carboxylic acids is 1. The molecule has 6 heteroatoms. The summed E-state index contributed by atoms with van der Waals surface area (Å²) >= 11 is 0. The molecular formula is C18H20N4O2. The van der Waals surface area contributed by atoms with Crippen molar-refractivity contribution in [3.63, 3.8) is 0 Å². The minimum atomic E-state index is -0.561. The summed E-state index contributed by atoms with van der Waals surface area (Å²) < 4.78 is 7.65.